The molecule has 0 spiro atoms. The zero-order valence-corrected chi connectivity index (χ0v) is 13.6. The van der Waals surface area contributed by atoms with Gasteiger partial charge in [0.1, 0.15) is 0 Å². The minimum atomic E-state index is -0.239. The highest BCUT2D eigenvalue weighted by atomic mass is 16.1. The smallest absolute Gasteiger partial charge is 0.276 e. The number of nitrogens with one attached hydrogen (secondary N) is 1. The van der Waals surface area contributed by atoms with Gasteiger partial charge >= 0.3 is 0 Å². The Bertz CT molecular complexity index is 658. The number of amides is 1. The Morgan fingerprint density at radius 2 is 1.78 bits per heavy atom. The van der Waals surface area contributed by atoms with Crippen molar-refractivity contribution < 1.29 is 4.79 Å². The van der Waals surface area contributed by atoms with Crippen LogP contribution in [-0.2, 0) is 0 Å². The van der Waals surface area contributed by atoms with Crippen LogP contribution in [0.4, 0.5) is 11.4 Å². The normalized spacial score (nSPS) is 15.5. The van der Waals surface area contributed by atoms with Crippen molar-refractivity contribution in [1.82, 2.24) is 10.2 Å². The van der Waals surface area contributed by atoms with Crippen LogP contribution < -0.4 is 10.2 Å². The van der Waals surface area contributed by atoms with E-state index in [1.54, 1.807) is 12.1 Å². The lowest BCUT2D eigenvalue weighted by Crippen LogP contribution is -2.32. The van der Waals surface area contributed by atoms with E-state index >= 15 is 0 Å². The van der Waals surface area contributed by atoms with Crippen molar-refractivity contribution in [2.45, 2.75) is 26.7 Å². The Balaban J connectivity index is 1.63. The van der Waals surface area contributed by atoms with Gasteiger partial charge in [0.25, 0.3) is 5.91 Å². The first-order valence-corrected chi connectivity index (χ1v) is 8.08. The molecule has 120 valence electrons. The largest absolute Gasteiger partial charge is 0.372 e. The molecule has 5 heteroatoms. The van der Waals surface area contributed by atoms with Crippen molar-refractivity contribution in [2.24, 2.45) is 5.92 Å². The Hall–Kier alpha value is -2.43. The Kier molecular flexibility index (Phi) is 4.55. The van der Waals surface area contributed by atoms with Gasteiger partial charge in [-0.1, -0.05) is 6.92 Å². The van der Waals surface area contributed by atoms with Crippen molar-refractivity contribution in [3.63, 3.8) is 0 Å². The molecule has 5 nitrogen and oxygen atoms in total. The molecular weight excluding hydrogens is 288 g/mol. The van der Waals surface area contributed by atoms with Gasteiger partial charge in [0, 0.05) is 24.5 Å². The van der Waals surface area contributed by atoms with E-state index in [2.05, 4.69) is 39.5 Å². The van der Waals surface area contributed by atoms with Crippen LogP contribution in [0.1, 0.15) is 35.9 Å². The number of benzene rings is 1. The minimum Gasteiger partial charge on any atom is -0.372 e. The van der Waals surface area contributed by atoms with Crippen LogP contribution in [0.15, 0.2) is 36.4 Å². The summed E-state index contributed by atoms with van der Waals surface area (Å²) >= 11 is 0. The summed E-state index contributed by atoms with van der Waals surface area (Å²) < 4.78 is 0. The van der Waals surface area contributed by atoms with E-state index < -0.39 is 0 Å². The third-order valence-electron chi connectivity index (χ3n) is 4.30. The average Bonchev–Trinajstić information content (AvgIpc) is 2.57. The van der Waals surface area contributed by atoms with Crippen molar-refractivity contribution in [3.8, 4) is 0 Å². The zero-order chi connectivity index (χ0) is 16.2. The topological polar surface area (TPSA) is 58.1 Å². The maximum atomic E-state index is 12.1. The highest BCUT2D eigenvalue weighted by Gasteiger charge is 2.16. The van der Waals surface area contributed by atoms with Gasteiger partial charge in [-0.05, 0) is 62.1 Å². The molecule has 0 aliphatic carbocycles. The fraction of sp³-hybridized carbons (Fsp3) is 0.389. The maximum absolute atomic E-state index is 12.1. The molecule has 2 heterocycles. The third-order valence-corrected chi connectivity index (χ3v) is 4.30. The van der Waals surface area contributed by atoms with Gasteiger partial charge in [-0.3, -0.25) is 4.79 Å². The summed E-state index contributed by atoms with van der Waals surface area (Å²) in [5.41, 5.74) is 3.10. The van der Waals surface area contributed by atoms with Crippen molar-refractivity contribution in [1.29, 1.82) is 0 Å². The summed E-state index contributed by atoms with van der Waals surface area (Å²) in [5.74, 6) is 0.581. The van der Waals surface area contributed by atoms with Crippen LogP contribution in [0, 0.1) is 12.8 Å². The van der Waals surface area contributed by atoms with Crippen LogP contribution >= 0.6 is 0 Å². The zero-order valence-electron chi connectivity index (χ0n) is 13.6. The third kappa shape index (κ3) is 3.86. The molecule has 3 rings (SSSR count). The monoisotopic (exact) mass is 310 g/mol. The van der Waals surface area contributed by atoms with Gasteiger partial charge < -0.3 is 10.2 Å². The predicted molar refractivity (Wildman–Crippen MR) is 91.8 cm³/mol. The molecule has 1 aliphatic rings. The van der Waals surface area contributed by atoms with E-state index in [4.69, 9.17) is 0 Å². The van der Waals surface area contributed by atoms with E-state index in [0.29, 0.717) is 5.69 Å². The fourth-order valence-electron chi connectivity index (χ4n) is 2.74. The van der Waals surface area contributed by atoms with Gasteiger partial charge in [0.2, 0.25) is 0 Å². The van der Waals surface area contributed by atoms with E-state index in [9.17, 15) is 4.79 Å². The Morgan fingerprint density at radius 3 is 2.39 bits per heavy atom. The molecule has 0 radical (unpaired) electrons. The maximum Gasteiger partial charge on any atom is 0.276 e. The molecule has 1 fully saturated rings. The van der Waals surface area contributed by atoms with E-state index in [-0.39, 0.29) is 5.91 Å². The molecule has 2 aromatic rings. The molecule has 1 aliphatic heterocycles. The van der Waals surface area contributed by atoms with Crippen LogP contribution in [0.5, 0.6) is 0 Å². The number of carbonyl (C=O) groups excluding carboxylic acids is 1. The number of hydrogen-bond acceptors (Lipinski definition) is 4. The highest BCUT2D eigenvalue weighted by Crippen LogP contribution is 2.24. The average molecular weight is 310 g/mol. The summed E-state index contributed by atoms with van der Waals surface area (Å²) in [6.45, 7) is 6.36. The molecule has 0 unspecified atom stereocenters. The predicted octanol–water partition coefficient (Wildman–Crippen LogP) is 3.27. The number of rotatable bonds is 3. The quantitative estimate of drug-likeness (QED) is 0.945. The molecule has 0 atom stereocenters. The van der Waals surface area contributed by atoms with Gasteiger partial charge in [0.05, 0.1) is 5.69 Å². The summed E-state index contributed by atoms with van der Waals surface area (Å²) in [6.07, 6.45) is 2.48. The Labute approximate surface area is 136 Å². The van der Waals surface area contributed by atoms with Crippen molar-refractivity contribution >= 4 is 17.3 Å². The lowest BCUT2D eigenvalue weighted by atomic mass is 9.99. The first-order chi connectivity index (χ1) is 11.1. The van der Waals surface area contributed by atoms with Gasteiger partial charge in [-0.25, -0.2) is 0 Å². The number of aromatic nitrogens is 2. The lowest BCUT2D eigenvalue weighted by molar-refractivity contribution is 0.102. The summed E-state index contributed by atoms with van der Waals surface area (Å²) in [6, 6.07) is 11.5. The molecule has 1 aromatic carbocycles. The van der Waals surface area contributed by atoms with E-state index in [1.165, 1.54) is 18.5 Å². The number of carbonyl (C=O) groups is 1. The van der Waals surface area contributed by atoms with Crippen molar-refractivity contribution in [2.75, 3.05) is 23.3 Å². The summed E-state index contributed by atoms with van der Waals surface area (Å²) in [7, 11) is 0. The van der Waals surface area contributed by atoms with Gasteiger partial charge in [-0.2, -0.15) is 5.10 Å². The molecule has 0 bridgehead atoms. The SMILES string of the molecule is Cc1ccc(C(=O)Nc2ccc(N3CCC(C)CC3)cc2)nn1. The number of anilines is 2. The second kappa shape index (κ2) is 6.77. The number of aryl methyl sites for hydroxylation is 1. The van der Waals surface area contributed by atoms with Gasteiger partial charge in [-0.15, -0.1) is 5.10 Å². The number of nitrogens with zero attached hydrogens (tertiary/aromatic N) is 3. The molecule has 1 aromatic heterocycles. The molecule has 1 amide bonds. The second-order valence-electron chi connectivity index (χ2n) is 6.23. The summed E-state index contributed by atoms with van der Waals surface area (Å²) in [5, 5.41) is 10.7. The molecule has 0 saturated carbocycles. The van der Waals surface area contributed by atoms with Crippen LogP contribution in [0.3, 0.4) is 0 Å². The summed E-state index contributed by atoms with van der Waals surface area (Å²) in [4.78, 5) is 14.5. The number of hydrogen-bond donors (Lipinski definition) is 1. The molecule has 1 N–H and O–H groups in total. The molecular formula is C18H22N4O. The van der Waals surface area contributed by atoms with Crippen LogP contribution in [0.25, 0.3) is 0 Å². The number of piperidine rings is 1. The van der Waals surface area contributed by atoms with Gasteiger partial charge in [0.15, 0.2) is 5.69 Å². The standard InChI is InChI=1S/C18H22N4O/c1-13-9-11-22(12-10-13)16-6-4-15(5-7-16)19-18(23)17-8-3-14(2)20-21-17/h3-8,13H,9-12H2,1-2H3,(H,19,23). The lowest BCUT2D eigenvalue weighted by Gasteiger charge is -2.32. The fourth-order valence-corrected chi connectivity index (χ4v) is 2.74. The Morgan fingerprint density at radius 1 is 1.09 bits per heavy atom. The second-order valence-corrected chi connectivity index (χ2v) is 6.23. The highest BCUT2D eigenvalue weighted by molar-refractivity contribution is 6.02. The van der Waals surface area contributed by atoms with Crippen molar-refractivity contribution in [3.05, 3.63) is 47.8 Å². The first kappa shape index (κ1) is 15.5. The minimum absolute atomic E-state index is 0.239. The molecule has 23 heavy (non-hydrogen) atoms. The van der Waals surface area contributed by atoms with Crippen LogP contribution in [0.2, 0.25) is 0 Å². The van der Waals surface area contributed by atoms with Crippen LogP contribution in [-0.4, -0.2) is 29.2 Å². The molecule has 1 saturated heterocycles. The van der Waals surface area contributed by atoms with E-state index in [0.717, 1.165) is 30.4 Å². The first-order valence-electron chi connectivity index (χ1n) is 8.08. The van der Waals surface area contributed by atoms with E-state index in [1.807, 2.05) is 19.1 Å².